The predicted molar refractivity (Wildman–Crippen MR) is 106 cm³/mol. The van der Waals surface area contributed by atoms with Crippen molar-refractivity contribution in [3.05, 3.63) is 64.3 Å². The number of amides is 1. The highest BCUT2D eigenvalue weighted by Gasteiger charge is 2.22. The fraction of sp³-hybridized carbons (Fsp3) is 0.429. The van der Waals surface area contributed by atoms with Crippen LogP contribution < -0.4 is 10.9 Å². The Hall–Kier alpha value is -2.96. The van der Waals surface area contributed by atoms with E-state index in [1.165, 1.54) is 54.6 Å². The minimum Gasteiger partial charge on any atom is -0.348 e. The van der Waals surface area contributed by atoms with Crippen molar-refractivity contribution >= 4 is 11.7 Å². The van der Waals surface area contributed by atoms with Gasteiger partial charge in [0.2, 0.25) is 0 Å². The lowest BCUT2D eigenvalue weighted by molar-refractivity contribution is 0.0923. The molecule has 7 nitrogen and oxygen atoms in total. The predicted octanol–water partition coefficient (Wildman–Crippen LogP) is 2.73. The smallest absolute Gasteiger partial charge is 0.274 e. The van der Waals surface area contributed by atoms with Crippen molar-refractivity contribution in [2.45, 2.75) is 51.0 Å². The van der Waals surface area contributed by atoms with Gasteiger partial charge in [-0.3, -0.25) is 14.7 Å². The fourth-order valence-electron chi connectivity index (χ4n) is 4.12. The molecule has 1 unspecified atom stereocenters. The number of carbonyl (C=O) groups is 1. The largest absolute Gasteiger partial charge is 0.348 e. The monoisotopic (exact) mass is 379 g/mol. The number of nitrogens with one attached hydrogen (secondary N) is 2. The van der Waals surface area contributed by atoms with E-state index in [4.69, 9.17) is 0 Å². The van der Waals surface area contributed by atoms with Gasteiger partial charge in [0.25, 0.3) is 17.2 Å². The van der Waals surface area contributed by atoms with E-state index >= 15 is 0 Å². The summed E-state index contributed by atoms with van der Waals surface area (Å²) in [6.07, 6.45) is 9.39. The van der Waals surface area contributed by atoms with Gasteiger partial charge < -0.3 is 5.32 Å². The van der Waals surface area contributed by atoms with E-state index in [0.29, 0.717) is 5.92 Å². The third-order valence-electron chi connectivity index (χ3n) is 5.50. The lowest BCUT2D eigenvalue weighted by Crippen LogP contribution is -2.39. The van der Waals surface area contributed by atoms with Crippen molar-refractivity contribution in [2.24, 2.45) is 5.92 Å². The Kier molecular flexibility index (Phi) is 5.50. The zero-order valence-corrected chi connectivity index (χ0v) is 15.8. The summed E-state index contributed by atoms with van der Waals surface area (Å²) in [7, 11) is 0. The third kappa shape index (κ3) is 4.30. The Morgan fingerprint density at radius 1 is 1.21 bits per heavy atom. The normalized spacial score (nSPS) is 16.1. The molecule has 0 aliphatic heterocycles. The molecule has 1 saturated carbocycles. The lowest BCUT2D eigenvalue weighted by Gasteiger charge is -2.27. The Bertz CT molecular complexity index is 989. The topological polar surface area (TPSA) is 92.2 Å². The van der Waals surface area contributed by atoms with Crippen LogP contribution in [-0.4, -0.2) is 31.5 Å². The summed E-state index contributed by atoms with van der Waals surface area (Å²) >= 11 is 0. The molecular weight excluding hydrogens is 354 g/mol. The SMILES string of the molecule is O=C(NC(Cc1ccccc1)CC1CCCCC1)c1cc(=O)n2[nH]cnc2n1. The molecule has 1 fully saturated rings. The first kappa shape index (κ1) is 18.4. The summed E-state index contributed by atoms with van der Waals surface area (Å²) in [6, 6.07) is 11.5. The molecule has 7 heteroatoms. The highest BCUT2D eigenvalue weighted by atomic mass is 16.2. The van der Waals surface area contributed by atoms with Gasteiger partial charge in [0.15, 0.2) is 0 Å². The van der Waals surface area contributed by atoms with E-state index in [1.807, 2.05) is 18.2 Å². The molecule has 28 heavy (non-hydrogen) atoms. The van der Waals surface area contributed by atoms with Gasteiger partial charge in [-0.1, -0.05) is 62.4 Å². The molecule has 0 radical (unpaired) electrons. The second-order valence-electron chi connectivity index (χ2n) is 7.60. The van der Waals surface area contributed by atoms with Crippen molar-refractivity contribution in [1.82, 2.24) is 24.9 Å². The first-order valence-corrected chi connectivity index (χ1v) is 9.97. The summed E-state index contributed by atoms with van der Waals surface area (Å²) in [6.45, 7) is 0. The molecule has 1 aliphatic rings. The van der Waals surface area contributed by atoms with Crippen LogP contribution in [-0.2, 0) is 6.42 Å². The fourth-order valence-corrected chi connectivity index (χ4v) is 4.12. The van der Waals surface area contributed by atoms with Gasteiger partial charge in [-0.2, -0.15) is 4.52 Å². The van der Waals surface area contributed by atoms with E-state index in [0.717, 1.165) is 12.8 Å². The van der Waals surface area contributed by atoms with E-state index in [1.54, 1.807) is 0 Å². The Labute approximate surface area is 163 Å². The maximum atomic E-state index is 12.8. The van der Waals surface area contributed by atoms with Gasteiger partial charge in [-0.25, -0.2) is 9.97 Å². The van der Waals surface area contributed by atoms with Gasteiger partial charge in [-0.15, -0.1) is 0 Å². The summed E-state index contributed by atoms with van der Waals surface area (Å²) in [5.41, 5.74) is 0.956. The van der Waals surface area contributed by atoms with Crippen molar-refractivity contribution in [3.63, 3.8) is 0 Å². The van der Waals surface area contributed by atoms with Crippen molar-refractivity contribution in [1.29, 1.82) is 0 Å². The third-order valence-corrected chi connectivity index (χ3v) is 5.50. The Balaban J connectivity index is 1.52. The van der Waals surface area contributed by atoms with Crippen molar-refractivity contribution < 1.29 is 4.79 Å². The Morgan fingerprint density at radius 2 is 2.00 bits per heavy atom. The van der Waals surface area contributed by atoms with Gasteiger partial charge in [0, 0.05) is 12.1 Å². The quantitative estimate of drug-likeness (QED) is 0.689. The van der Waals surface area contributed by atoms with Gasteiger partial charge >= 0.3 is 0 Å². The Morgan fingerprint density at radius 3 is 2.79 bits per heavy atom. The molecule has 2 aromatic heterocycles. The molecule has 4 rings (SSSR count). The number of carbonyl (C=O) groups excluding carboxylic acids is 1. The first-order chi connectivity index (χ1) is 13.7. The van der Waals surface area contributed by atoms with Gasteiger partial charge in [0.1, 0.15) is 12.0 Å². The summed E-state index contributed by atoms with van der Waals surface area (Å²) < 4.78 is 1.21. The molecule has 3 aromatic rings. The van der Waals surface area contributed by atoms with Crippen molar-refractivity contribution in [2.75, 3.05) is 0 Å². The molecule has 2 N–H and O–H groups in total. The van der Waals surface area contributed by atoms with E-state index in [9.17, 15) is 9.59 Å². The van der Waals surface area contributed by atoms with Gasteiger partial charge in [-0.05, 0) is 24.3 Å². The minimum absolute atomic E-state index is 0.0115. The summed E-state index contributed by atoms with van der Waals surface area (Å²) in [4.78, 5) is 33.2. The number of fused-ring (bicyclic) bond motifs is 1. The lowest BCUT2D eigenvalue weighted by atomic mass is 9.83. The zero-order valence-electron chi connectivity index (χ0n) is 15.8. The van der Waals surface area contributed by atoms with Crippen LogP contribution in [0.4, 0.5) is 0 Å². The molecule has 1 atom stereocenters. The minimum atomic E-state index is -0.348. The van der Waals surface area contributed by atoms with Crippen LogP contribution in [0.5, 0.6) is 0 Å². The van der Waals surface area contributed by atoms with E-state index in [-0.39, 0.29) is 29.0 Å². The molecule has 0 bridgehead atoms. The van der Waals surface area contributed by atoms with E-state index in [2.05, 4.69) is 32.5 Å². The highest BCUT2D eigenvalue weighted by Crippen LogP contribution is 2.28. The molecule has 146 valence electrons. The second kappa shape index (κ2) is 8.37. The number of nitrogens with zero attached hydrogens (tertiary/aromatic N) is 3. The molecule has 2 heterocycles. The summed E-state index contributed by atoms with van der Waals surface area (Å²) in [5.74, 6) is 0.513. The van der Waals surface area contributed by atoms with Crippen LogP contribution in [0.3, 0.4) is 0 Å². The number of H-pyrrole nitrogens is 1. The zero-order chi connectivity index (χ0) is 19.3. The number of hydrogen-bond acceptors (Lipinski definition) is 4. The van der Waals surface area contributed by atoms with Gasteiger partial charge in [0.05, 0.1) is 0 Å². The second-order valence-corrected chi connectivity index (χ2v) is 7.60. The number of aromatic amines is 1. The van der Waals surface area contributed by atoms with Crippen LogP contribution in [0.1, 0.15) is 54.6 Å². The standard InChI is InChI=1S/C21H25N5O2/c27-19-13-18(25-21-22-14-23-26(19)21)20(28)24-17(11-15-7-3-1-4-8-15)12-16-9-5-2-6-10-16/h1,3-4,7-8,13-14,16-17H,2,5-6,9-12H2,(H,24,28)(H,22,23,25). The van der Waals surface area contributed by atoms with E-state index < -0.39 is 0 Å². The van der Waals surface area contributed by atoms with Crippen LogP contribution in [0.2, 0.25) is 0 Å². The maximum absolute atomic E-state index is 12.8. The number of benzene rings is 1. The number of rotatable bonds is 6. The molecule has 1 aliphatic carbocycles. The van der Waals surface area contributed by atoms with Crippen molar-refractivity contribution in [3.8, 4) is 0 Å². The maximum Gasteiger partial charge on any atom is 0.274 e. The van der Waals surface area contributed by atoms with Crippen LogP contribution in [0.25, 0.3) is 5.78 Å². The number of aromatic nitrogens is 4. The first-order valence-electron chi connectivity index (χ1n) is 9.97. The average molecular weight is 379 g/mol. The average Bonchev–Trinajstić information content (AvgIpc) is 3.19. The molecule has 1 aromatic carbocycles. The van der Waals surface area contributed by atoms with Crippen LogP contribution >= 0.6 is 0 Å². The molecular formula is C21H25N5O2. The van der Waals surface area contributed by atoms with Crippen LogP contribution in [0.15, 0.2) is 47.5 Å². The number of hydrogen-bond donors (Lipinski definition) is 2. The summed E-state index contributed by atoms with van der Waals surface area (Å²) in [5, 5.41) is 5.81. The molecule has 0 spiro atoms. The van der Waals surface area contributed by atoms with Crippen LogP contribution in [0, 0.1) is 5.92 Å². The molecule has 1 amide bonds. The highest BCUT2D eigenvalue weighted by molar-refractivity contribution is 5.92. The molecule has 0 saturated heterocycles.